The molecule has 9 nitrogen and oxygen atoms in total. The predicted octanol–water partition coefficient (Wildman–Crippen LogP) is 2.40. The zero-order valence-corrected chi connectivity index (χ0v) is 15.8. The van der Waals surface area contributed by atoms with Crippen LogP contribution in [0.5, 0.6) is 5.75 Å². The van der Waals surface area contributed by atoms with Gasteiger partial charge in [-0.3, -0.25) is 10.1 Å². The first-order chi connectivity index (χ1) is 13.3. The van der Waals surface area contributed by atoms with E-state index < -0.39 is 20.9 Å². The molecule has 1 aliphatic rings. The first kappa shape index (κ1) is 19.8. The molecule has 1 aliphatic carbocycles. The van der Waals surface area contributed by atoms with Gasteiger partial charge in [-0.1, -0.05) is 0 Å². The predicted molar refractivity (Wildman–Crippen MR) is 98.6 cm³/mol. The van der Waals surface area contributed by atoms with Crippen LogP contribution in [-0.4, -0.2) is 32.5 Å². The molecule has 1 N–H and O–H groups in total. The van der Waals surface area contributed by atoms with Crippen molar-refractivity contribution >= 4 is 21.7 Å². The van der Waals surface area contributed by atoms with E-state index in [2.05, 4.69) is 4.72 Å². The third-order valence-electron chi connectivity index (χ3n) is 4.11. The lowest BCUT2D eigenvalue weighted by Gasteiger charge is -2.12. The molecule has 28 heavy (non-hydrogen) atoms. The maximum atomic E-state index is 12.5. The van der Waals surface area contributed by atoms with Crippen LogP contribution in [0.3, 0.4) is 0 Å². The van der Waals surface area contributed by atoms with Gasteiger partial charge in [0.05, 0.1) is 17.6 Å². The van der Waals surface area contributed by atoms with Crippen molar-refractivity contribution in [2.45, 2.75) is 30.4 Å². The van der Waals surface area contributed by atoms with Crippen molar-refractivity contribution in [3.63, 3.8) is 0 Å². The van der Waals surface area contributed by atoms with Gasteiger partial charge in [0.2, 0.25) is 10.0 Å². The molecule has 0 heterocycles. The van der Waals surface area contributed by atoms with Crippen LogP contribution in [0.1, 0.15) is 28.8 Å². The van der Waals surface area contributed by atoms with Crippen molar-refractivity contribution in [2.24, 2.45) is 0 Å². The van der Waals surface area contributed by atoms with Gasteiger partial charge in [0.15, 0.2) is 0 Å². The zero-order chi connectivity index (χ0) is 20.3. The second kappa shape index (κ2) is 7.95. The van der Waals surface area contributed by atoms with Gasteiger partial charge in [-0.25, -0.2) is 17.9 Å². The fourth-order valence-corrected chi connectivity index (χ4v) is 3.94. The minimum atomic E-state index is -3.82. The molecule has 0 radical (unpaired) electrons. The van der Waals surface area contributed by atoms with Crippen LogP contribution in [0.4, 0.5) is 5.69 Å². The molecule has 148 valence electrons. The number of carbonyl (C=O) groups excluding carboxylic acids is 1. The van der Waals surface area contributed by atoms with Crippen LogP contribution in [0.15, 0.2) is 47.4 Å². The summed E-state index contributed by atoms with van der Waals surface area (Å²) < 4.78 is 37.8. The third kappa shape index (κ3) is 4.65. The molecule has 0 saturated heterocycles. The van der Waals surface area contributed by atoms with Crippen LogP contribution in [0.2, 0.25) is 0 Å². The number of nitrogens with one attached hydrogen (secondary N) is 1. The highest BCUT2D eigenvalue weighted by Crippen LogP contribution is 2.28. The number of esters is 1. The zero-order valence-electron chi connectivity index (χ0n) is 15.0. The van der Waals surface area contributed by atoms with E-state index in [0.717, 1.165) is 12.8 Å². The summed E-state index contributed by atoms with van der Waals surface area (Å²) >= 11 is 0. The Morgan fingerprint density at radius 1 is 1.21 bits per heavy atom. The Morgan fingerprint density at radius 2 is 1.89 bits per heavy atom. The van der Waals surface area contributed by atoms with Crippen LogP contribution < -0.4 is 9.46 Å². The Kier molecular flexibility index (Phi) is 5.61. The van der Waals surface area contributed by atoms with E-state index in [1.807, 2.05) is 0 Å². The highest BCUT2D eigenvalue weighted by atomic mass is 32.2. The number of hydrogen-bond acceptors (Lipinski definition) is 7. The van der Waals surface area contributed by atoms with Crippen LogP contribution in [-0.2, 0) is 21.4 Å². The Bertz CT molecular complexity index is 999. The number of methoxy groups -OCH3 is 1. The van der Waals surface area contributed by atoms with Gasteiger partial charge in [0.25, 0.3) is 5.69 Å². The van der Waals surface area contributed by atoms with Crippen molar-refractivity contribution < 1.29 is 27.6 Å². The lowest BCUT2D eigenvalue weighted by atomic mass is 10.2. The number of nitro benzene ring substituents is 1. The van der Waals surface area contributed by atoms with Crippen molar-refractivity contribution in [3.05, 3.63) is 63.7 Å². The smallest absolute Gasteiger partial charge is 0.338 e. The summed E-state index contributed by atoms with van der Waals surface area (Å²) in [5.74, 6) is -0.594. The summed E-state index contributed by atoms with van der Waals surface area (Å²) in [5, 5.41) is 10.7. The van der Waals surface area contributed by atoms with E-state index in [4.69, 9.17) is 9.47 Å². The first-order valence-corrected chi connectivity index (χ1v) is 9.89. The third-order valence-corrected chi connectivity index (χ3v) is 5.65. The first-order valence-electron chi connectivity index (χ1n) is 8.41. The van der Waals surface area contributed by atoms with Gasteiger partial charge in [-0.15, -0.1) is 0 Å². The minimum Gasteiger partial charge on any atom is -0.495 e. The summed E-state index contributed by atoms with van der Waals surface area (Å²) in [6, 6.07) is 9.51. The molecule has 2 aromatic carbocycles. The van der Waals surface area contributed by atoms with Gasteiger partial charge < -0.3 is 9.47 Å². The normalized spacial score (nSPS) is 13.8. The average Bonchev–Trinajstić information content (AvgIpc) is 3.49. The summed E-state index contributed by atoms with van der Waals surface area (Å²) in [7, 11) is -2.48. The highest BCUT2D eigenvalue weighted by molar-refractivity contribution is 7.89. The molecule has 1 fully saturated rings. The molecular weight excluding hydrogens is 388 g/mol. The number of nitrogens with zero attached hydrogens (tertiary/aromatic N) is 1. The largest absolute Gasteiger partial charge is 0.495 e. The quantitative estimate of drug-likeness (QED) is 0.405. The summed E-state index contributed by atoms with van der Waals surface area (Å²) in [4.78, 5) is 22.3. The SMILES string of the molecule is COc1ccc(C(=O)OCc2ccc([N+](=O)[O-])cc2)cc1S(=O)(=O)NC1CC1. The number of rotatable bonds is 8. The summed E-state index contributed by atoms with van der Waals surface area (Å²) in [5.41, 5.74) is 0.554. The van der Waals surface area contributed by atoms with Gasteiger partial charge in [0, 0.05) is 18.2 Å². The summed E-state index contributed by atoms with van der Waals surface area (Å²) in [6.07, 6.45) is 1.55. The Morgan fingerprint density at radius 3 is 2.46 bits per heavy atom. The van der Waals surface area contributed by atoms with Gasteiger partial charge in [0.1, 0.15) is 17.3 Å². The van der Waals surface area contributed by atoms with E-state index in [9.17, 15) is 23.3 Å². The van der Waals surface area contributed by atoms with Gasteiger partial charge in [-0.2, -0.15) is 0 Å². The molecule has 0 bridgehead atoms. The second-order valence-electron chi connectivity index (χ2n) is 6.26. The maximum absolute atomic E-state index is 12.5. The van der Waals surface area contributed by atoms with Gasteiger partial charge >= 0.3 is 5.97 Å². The highest BCUT2D eigenvalue weighted by Gasteiger charge is 2.30. The second-order valence-corrected chi connectivity index (χ2v) is 7.94. The van der Waals surface area contributed by atoms with Crippen LogP contribution in [0, 0.1) is 10.1 Å². The number of carbonyl (C=O) groups is 1. The molecule has 0 unspecified atom stereocenters. The minimum absolute atomic E-state index is 0.0545. The Hall–Kier alpha value is -2.98. The molecule has 2 aromatic rings. The summed E-state index contributed by atoms with van der Waals surface area (Å²) in [6.45, 7) is -0.106. The van der Waals surface area contributed by atoms with Crippen molar-refractivity contribution in [1.82, 2.24) is 4.72 Å². The molecule has 3 rings (SSSR count). The standard InChI is InChI=1S/C18H18N2O7S/c1-26-16-9-4-13(10-17(16)28(24,25)19-14-5-6-14)18(21)27-11-12-2-7-15(8-3-12)20(22)23/h2-4,7-10,14,19H,5-6,11H2,1H3. The lowest BCUT2D eigenvalue weighted by molar-refractivity contribution is -0.384. The molecule has 0 aliphatic heterocycles. The van der Waals surface area contributed by atoms with E-state index >= 15 is 0 Å². The van der Waals surface area contributed by atoms with Crippen LogP contribution in [0.25, 0.3) is 0 Å². The van der Waals surface area contributed by atoms with E-state index in [0.29, 0.717) is 5.56 Å². The fraction of sp³-hybridized carbons (Fsp3) is 0.278. The van der Waals surface area contributed by atoms with Gasteiger partial charge in [-0.05, 0) is 48.7 Å². The van der Waals surface area contributed by atoms with Crippen molar-refractivity contribution in [3.8, 4) is 5.75 Å². The number of non-ortho nitro benzene ring substituents is 1. The fourth-order valence-electron chi connectivity index (χ4n) is 2.44. The number of sulfonamides is 1. The lowest BCUT2D eigenvalue weighted by Crippen LogP contribution is -2.26. The number of ether oxygens (including phenoxy) is 2. The topological polar surface area (TPSA) is 125 Å². The monoisotopic (exact) mass is 406 g/mol. The van der Waals surface area contributed by atoms with Crippen molar-refractivity contribution in [2.75, 3.05) is 7.11 Å². The molecule has 1 saturated carbocycles. The number of hydrogen-bond donors (Lipinski definition) is 1. The maximum Gasteiger partial charge on any atom is 0.338 e. The van der Waals surface area contributed by atoms with E-state index in [-0.39, 0.29) is 34.5 Å². The van der Waals surface area contributed by atoms with E-state index in [1.165, 1.54) is 49.6 Å². The Labute approximate surface area is 161 Å². The number of nitro groups is 1. The number of benzene rings is 2. The van der Waals surface area contributed by atoms with Crippen molar-refractivity contribution in [1.29, 1.82) is 0 Å². The molecule has 0 amide bonds. The molecule has 0 aromatic heterocycles. The molecule has 0 spiro atoms. The molecule has 10 heteroatoms. The molecule has 0 atom stereocenters. The van der Waals surface area contributed by atoms with E-state index in [1.54, 1.807) is 0 Å². The Balaban J connectivity index is 1.74. The average molecular weight is 406 g/mol. The molecular formula is C18H18N2O7S. The van der Waals surface area contributed by atoms with Crippen LogP contribution >= 0.6 is 0 Å².